The van der Waals surface area contributed by atoms with Crippen LogP contribution in [0.5, 0.6) is 5.88 Å². The fraction of sp³-hybridized carbons (Fsp3) is 0.286. The molecule has 0 fully saturated rings. The summed E-state index contributed by atoms with van der Waals surface area (Å²) in [5.74, 6) is 0.443. The lowest BCUT2D eigenvalue weighted by Crippen LogP contribution is -1.96. The molecule has 1 rings (SSSR count). The minimum atomic E-state index is 0.313. The summed E-state index contributed by atoms with van der Waals surface area (Å²) >= 11 is 0. The molecule has 0 spiro atoms. The fourth-order valence-electron chi connectivity index (χ4n) is 0.609. The fourth-order valence-corrected chi connectivity index (χ4v) is 0.609. The Bertz CT molecular complexity index is 233. The van der Waals surface area contributed by atoms with Crippen LogP contribution in [0.1, 0.15) is 17.4 Å². The highest BCUT2D eigenvalue weighted by Crippen LogP contribution is 2.01. The van der Waals surface area contributed by atoms with E-state index in [0.717, 1.165) is 0 Å². The number of rotatable bonds is 3. The maximum atomic E-state index is 10.1. The van der Waals surface area contributed by atoms with Crippen LogP contribution in [-0.2, 0) is 0 Å². The number of hydrogen-bond donors (Lipinski definition) is 0. The van der Waals surface area contributed by atoms with Crippen molar-refractivity contribution in [2.24, 2.45) is 0 Å². The molecule has 0 radical (unpaired) electrons. The summed E-state index contributed by atoms with van der Waals surface area (Å²) in [6.45, 7) is 2.41. The Morgan fingerprint density at radius 3 is 2.82 bits per heavy atom. The molecule has 58 valence electrons. The zero-order chi connectivity index (χ0) is 8.10. The van der Waals surface area contributed by atoms with Gasteiger partial charge in [0, 0.05) is 0 Å². The van der Waals surface area contributed by atoms with Crippen molar-refractivity contribution in [2.75, 3.05) is 6.61 Å². The van der Waals surface area contributed by atoms with Crippen molar-refractivity contribution in [3.63, 3.8) is 0 Å². The molecule has 11 heavy (non-hydrogen) atoms. The first-order chi connectivity index (χ1) is 5.36. The highest BCUT2D eigenvalue weighted by molar-refractivity contribution is 5.70. The molecule has 0 aromatic carbocycles. The van der Waals surface area contributed by atoms with Gasteiger partial charge in [-0.1, -0.05) is 0 Å². The van der Waals surface area contributed by atoms with Gasteiger partial charge >= 0.3 is 0 Å². The van der Waals surface area contributed by atoms with E-state index in [0.29, 0.717) is 24.5 Å². The molecule has 4 nitrogen and oxygen atoms in total. The van der Waals surface area contributed by atoms with Gasteiger partial charge in [-0.15, -0.1) is 0 Å². The maximum absolute atomic E-state index is 10.1. The predicted octanol–water partition coefficient (Wildman–Crippen LogP) is 0.688. The predicted molar refractivity (Wildman–Crippen MR) is 38.6 cm³/mol. The second-order valence-electron chi connectivity index (χ2n) is 1.83. The van der Waals surface area contributed by atoms with Crippen molar-refractivity contribution in [2.45, 2.75) is 6.92 Å². The molecule has 0 saturated heterocycles. The van der Waals surface area contributed by atoms with Crippen molar-refractivity contribution < 1.29 is 9.53 Å². The highest BCUT2D eigenvalue weighted by Gasteiger charge is 1.94. The zero-order valence-electron chi connectivity index (χ0n) is 6.15. The average molecular weight is 152 g/mol. The molecular formula is C7H8N2O2. The number of ether oxygens (including phenoxy) is 1. The number of nitrogens with zero attached hydrogens (tertiary/aromatic N) is 2. The largest absolute Gasteiger partial charge is 0.477 e. The third-order valence-corrected chi connectivity index (χ3v) is 1.06. The van der Waals surface area contributed by atoms with Crippen LogP contribution in [0.25, 0.3) is 0 Å². The van der Waals surface area contributed by atoms with Crippen molar-refractivity contribution in [3.05, 3.63) is 18.1 Å². The van der Waals surface area contributed by atoms with E-state index in [4.69, 9.17) is 4.74 Å². The lowest BCUT2D eigenvalue weighted by atomic mass is 10.5. The number of aromatic nitrogens is 2. The van der Waals surface area contributed by atoms with Crippen LogP contribution >= 0.6 is 0 Å². The third-order valence-electron chi connectivity index (χ3n) is 1.06. The molecule has 4 heteroatoms. The molecule has 0 saturated carbocycles. The molecular weight excluding hydrogens is 144 g/mol. The van der Waals surface area contributed by atoms with E-state index in [1.54, 1.807) is 0 Å². The molecule has 1 heterocycles. The Hall–Kier alpha value is -1.45. The summed E-state index contributed by atoms with van der Waals surface area (Å²) in [6, 6.07) is 0. The van der Waals surface area contributed by atoms with Gasteiger partial charge in [-0.3, -0.25) is 4.79 Å². The second-order valence-corrected chi connectivity index (χ2v) is 1.83. The summed E-state index contributed by atoms with van der Waals surface area (Å²) in [4.78, 5) is 17.7. The van der Waals surface area contributed by atoms with Gasteiger partial charge in [0.05, 0.1) is 19.0 Å². The van der Waals surface area contributed by atoms with E-state index in [1.165, 1.54) is 12.4 Å². The van der Waals surface area contributed by atoms with Crippen LogP contribution in [-0.4, -0.2) is 22.9 Å². The van der Waals surface area contributed by atoms with Gasteiger partial charge in [-0.2, -0.15) is 0 Å². The van der Waals surface area contributed by atoms with Gasteiger partial charge in [0.15, 0.2) is 6.29 Å². The monoisotopic (exact) mass is 152 g/mol. The summed E-state index contributed by atoms with van der Waals surface area (Å²) in [5, 5.41) is 0. The van der Waals surface area contributed by atoms with Gasteiger partial charge in [0.2, 0.25) is 5.88 Å². The summed E-state index contributed by atoms with van der Waals surface area (Å²) < 4.78 is 5.02. The number of carbonyl (C=O) groups excluding carboxylic acids is 1. The van der Waals surface area contributed by atoms with Crippen LogP contribution in [0.2, 0.25) is 0 Å². The summed E-state index contributed by atoms with van der Waals surface area (Å²) in [7, 11) is 0. The lowest BCUT2D eigenvalue weighted by molar-refractivity contribution is 0.111. The molecule has 1 aromatic rings. The first-order valence-corrected chi connectivity index (χ1v) is 3.27. The van der Waals surface area contributed by atoms with E-state index in [9.17, 15) is 4.79 Å². The van der Waals surface area contributed by atoms with E-state index in [2.05, 4.69) is 9.97 Å². The van der Waals surface area contributed by atoms with Gasteiger partial charge in [-0.25, -0.2) is 9.97 Å². The SMILES string of the molecule is CCOc1cnc(C=O)cn1. The number of hydrogen-bond acceptors (Lipinski definition) is 4. The molecule has 0 bridgehead atoms. The highest BCUT2D eigenvalue weighted by atomic mass is 16.5. The Labute approximate surface area is 64.2 Å². The molecule has 0 aliphatic carbocycles. The number of carbonyl (C=O) groups is 1. The van der Waals surface area contributed by atoms with Gasteiger partial charge < -0.3 is 4.74 Å². The maximum Gasteiger partial charge on any atom is 0.232 e. The van der Waals surface area contributed by atoms with E-state index < -0.39 is 0 Å². The van der Waals surface area contributed by atoms with Crippen molar-refractivity contribution >= 4 is 6.29 Å². The Morgan fingerprint density at radius 2 is 2.36 bits per heavy atom. The van der Waals surface area contributed by atoms with E-state index in [1.807, 2.05) is 6.92 Å². The third kappa shape index (κ3) is 2.00. The zero-order valence-corrected chi connectivity index (χ0v) is 6.15. The molecule has 0 N–H and O–H groups in total. The van der Waals surface area contributed by atoms with E-state index >= 15 is 0 Å². The Morgan fingerprint density at radius 1 is 1.55 bits per heavy atom. The molecule has 1 aromatic heterocycles. The topological polar surface area (TPSA) is 52.1 Å². The van der Waals surface area contributed by atoms with Gasteiger partial charge in [0.25, 0.3) is 0 Å². The lowest BCUT2D eigenvalue weighted by Gasteiger charge is -1.98. The second kappa shape index (κ2) is 3.65. The summed E-state index contributed by atoms with van der Waals surface area (Å²) in [5.41, 5.74) is 0.313. The first kappa shape index (κ1) is 7.65. The Balaban J connectivity index is 2.74. The van der Waals surface area contributed by atoms with Crippen LogP contribution in [0.4, 0.5) is 0 Å². The molecule has 0 aliphatic heterocycles. The quantitative estimate of drug-likeness (QED) is 0.598. The summed E-state index contributed by atoms with van der Waals surface area (Å²) in [6.07, 6.45) is 3.44. The smallest absolute Gasteiger partial charge is 0.232 e. The van der Waals surface area contributed by atoms with Gasteiger partial charge in [0.1, 0.15) is 5.69 Å². The van der Waals surface area contributed by atoms with Crippen LogP contribution in [0.3, 0.4) is 0 Å². The van der Waals surface area contributed by atoms with Crippen molar-refractivity contribution in [3.8, 4) is 5.88 Å². The Kier molecular flexibility index (Phi) is 2.54. The average Bonchev–Trinajstić information content (AvgIpc) is 2.07. The molecule has 0 unspecified atom stereocenters. The molecule has 0 atom stereocenters. The normalized spacial score (nSPS) is 9.18. The van der Waals surface area contributed by atoms with Gasteiger partial charge in [-0.05, 0) is 6.92 Å². The number of aldehydes is 1. The molecule has 0 amide bonds. The first-order valence-electron chi connectivity index (χ1n) is 3.27. The minimum absolute atomic E-state index is 0.313. The van der Waals surface area contributed by atoms with Crippen molar-refractivity contribution in [1.29, 1.82) is 0 Å². The standard InChI is InChI=1S/C7H8N2O2/c1-2-11-7-4-8-6(5-10)3-9-7/h3-5H,2H2,1H3. The molecule has 0 aliphatic rings. The minimum Gasteiger partial charge on any atom is -0.477 e. The van der Waals surface area contributed by atoms with Crippen LogP contribution < -0.4 is 4.74 Å². The van der Waals surface area contributed by atoms with Crippen LogP contribution in [0.15, 0.2) is 12.4 Å². The van der Waals surface area contributed by atoms with E-state index in [-0.39, 0.29) is 0 Å². The van der Waals surface area contributed by atoms with Crippen molar-refractivity contribution in [1.82, 2.24) is 9.97 Å². The van der Waals surface area contributed by atoms with Crippen LogP contribution in [0, 0.1) is 0 Å².